The van der Waals surface area contributed by atoms with Gasteiger partial charge in [0.1, 0.15) is 5.69 Å². The second-order valence-electron chi connectivity index (χ2n) is 5.95. The molecule has 1 aromatic rings. The third kappa shape index (κ3) is 1.94. The van der Waals surface area contributed by atoms with Gasteiger partial charge in [-0.15, -0.1) is 0 Å². The van der Waals surface area contributed by atoms with Gasteiger partial charge in [-0.05, 0) is 37.3 Å². The fraction of sp³-hybridized carbons (Fsp3) is 0.600. The molecule has 2 bridgehead atoms. The van der Waals surface area contributed by atoms with Crippen molar-refractivity contribution in [1.82, 2.24) is 9.88 Å². The molecule has 3 atom stereocenters. The van der Waals surface area contributed by atoms with Gasteiger partial charge in [-0.1, -0.05) is 13.0 Å². The number of carbonyl (C=O) groups excluding carboxylic acids is 1. The van der Waals surface area contributed by atoms with Gasteiger partial charge < -0.3 is 9.64 Å². The first-order valence-corrected chi connectivity index (χ1v) is 6.90. The van der Waals surface area contributed by atoms with E-state index < -0.39 is 0 Å². The quantitative estimate of drug-likeness (QED) is 0.836. The lowest BCUT2D eigenvalue weighted by Crippen LogP contribution is -2.73. The van der Waals surface area contributed by atoms with Crippen molar-refractivity contribution >= 4 is 5.91 Å². The minimum Gasteiger partial charge on any atom is -0.382 e. The molecule has 1 unspecified atom stereocenters. The number of aromatic nitrogens is 1. The van der Waals surface area contributed by atoms with Gasteiger partial charge in [-0.2, -0.15) is 0 Å². The van der Waals surface area contributed by atoms with Gasteiger partial charge in [0.05, 0.1) is 12.1 Å². The first-order valence-electron chi connectivity index (χ1n) is 6.90. The molecule has 4 heteroatoms. The number of rotatable bonds is 3. The predicted octanol–water partition coefficient (Wildman–Crippen LogP) is 2.11. The Kier molecular flexibility index (Phi) is 3.05. The molecule has 1 aliphatic carbocycles. The molecule has 102 valence electrons. The summed E-state index contributed by atoms with van der Waals surface area (Å²) in [7, 11) is 1.71. The Balaban J connectivity index is 1.86. The highest BCUT2D eigenvalue weighted by Gasteiger charge is 2.58. The van der Waals surface area contributed by atoms with Gasteiger partial charge in [-0.25, -0.2) is 0 Å². The van der Waals surface area contributed by atoms with Crippen molar-refractivity contribution in [2.75, 3.05) is 13.7 Å². The van der Waals surface area contributed by atoms with E-state index in [0.717, 1.165) is 19.3 Å². The molecule has 2 heterocycles. The van der Waals surface area contributed by atoms with Crippen LogP contribution in [-0.2, 0) is 4.74 Å². The Morgan fingerprint density at radius 1 is 1.53 bits per heavy atom. The summed E-state index contributed by atoms with van der Waals surface area (Å²) in [6.45, 7) is 2.89. The molecule has 1 aliphatic heterocycles. The molecular formula is C15H20N2O2. The molecule has 0 radical (unpaired) electrons. The molecule has 1 saturated carbocycles. The highest BCUT2D eigenvalue weighted by Crippen LogP contribution is 2.50. The van der Waals surface area contributed by atoms with Crippen molar-refractivity contribution < 1.29 is 9.53 Å². The third-order valence-electron chi connectivity index (χ3n) is 4.41. The number of hydrogen-bond acceptors (Lipinski definition) is 3. The van der Waals surface area contributed by atoms with Crippen molar-refractivity contribution in [3.63, 3.8) is 0 Å². The van der Waals surface area contributed by atoms with E-state index in [4.69, 9.17) is 4.74 Å². The van der Waals surface area contributed by atoms with Crippen LogP contribution in [0.2, 0.25) is 0 Å². The largest absolute Gasteiger partial charge is 0.382 e. The van der Waals surface area contributed by atoms with Crippen LogP contribution in [-0.4, -0.2) is 41.1 Å². The van der Waals surface area contributed by atoms with Crippen LogP contribution in [0.15, 0.2) is 24.4 Å². The normalized spacial score (nSPS) is 32.8. The smallest absolute Gasteiger partial charge is 0.273 e. The van der Waals surface area contributed by atoms with Crippen molar-refractivity contribution in [3.8, 4) is 0 Å². The topological polar surface area (TPSA) is 42.4 Å². The summed E-state index contributed by atoms with van der Waals surface area (Å²) in [6.07, 6.45) is 4.89. The molecular weight excluding hydrogens is 240 g/mol. The van der Waals surface area contributed by atoms with E-state index in [1.807, 2.05) is 17.0 Å². The van der Waals surface area contributed by atoms with Gasteiger partial charge in [0, 0.05) is 19.3 Å². The average molecular weight is 260 g/mol. The predicted molar refractivity (Wildman–Crippen MR) is 71.8 cm³/mol. The number of fused-ring (bicyclic) bond motifs is 2. The molecule has 0 spiro atoms. The van der Waals surface area contributed by atoms with Crippen LogP contribution >= 0.6 is 0 Å². The SMILES string of the molecule is COC[C@]12CC(C[C@@H](C)C1)N2C(=O)c1ccccn1. The Labute approximate surface area is 113 Å². The molecule has 0 aromatic carbocycles. The highest BCUT2D eigenvalue weighted by atomic mass is 16.5. The van der Waals surface area contributed by atoms with Crippen molar-refractivity contribution in [2.45, 2.75) is 37.8 Å². The molecule has 4 nitrogen and oxygen atoms in total. The minimum atomic E-state index is -0.0916. The van der Waals surface area contributed by atoms with Gasteiger partial charge in [-0.3, -0.25) is 9.78 Å². The van der Waals surface area contributed by atoms with E-state index >= 15 is 0 Å². The maximum absolute atomic E-state index is 12.6. The molecule has 0 N–H and O–H groups in total. The number of methoxy groups -OCH3 is 1. The number of piperidine rings is 1. The third-order valence-corrected chi connectivity index (χ3v) is 4.41. The summed E-state index contributed by atoms with van der Waals surface area (Å²) in [5, 5.41) is 0. The molecule has 1 saturated heterocycles. The standard InChI is InChI=1S/C15H20N2O2/c1-11-7-12-9-15(8-11,10-19-2)17(12)14(18)13-5-3-4-6-16-13/h3-6,11-12H,7-10H2,1-2H3/t11-,12?,15-/m1/s1. The summed E-state index contributed by atoms with van der Waals surface area (Å²) in [6, 6.07) is 5.86. The van der Waals surface area contributed by atoms with E-state index in [2.05, 4.69) is 11.9 Å². The summed E-state index contributed by atoms with van der Waals surface area (Å²) in [5.41, 5.74) is 0.452. The lowest BCUT2D eigenvalue weighted by atomic mass is 9.64. The Hall–Kier alpha value is -1.42. The van der Waals surface area contributed by atoms with E-state index in [1.54, 1.807) is 19.4 Å². The second-order valence-corrected chi connectivity index (χ2v) is 5.95. The van der Waals surface area contributed by atoms with Crippen molar-refractivity contribution in [3.05, 3.63) is 30.1 Å². The number of amides is 1. The lowest BCUT2D eigenvalue weighted by Gasteiger charge is -2.63. The van der Waals surface area contributed by atoms with Crippen LogP contribution in [0.3, 0.4) is 0 Å². The number of hydrogen-bond donors (Lipinski definition) is 0. The van der Waals surface area contributed by atoms with Crippen LogP contribution < -0.4 is 0 Å². The van der Waals surface area contributed by atoms with E-state index in [1.165, 1.54) is 0 Å². The molecule has 2 aliphatic rings. The van der Waals surface area contributed by atoms with Crippen molar-refractivity contribution in [2.24, 2.45) is 5.92 Å². The van der Waals surface area contributed by atoms with Crippen LogP contribution in [0.5, 0.6) is 0 Å². The van der Waals surface area contributed by atoms with E-state index in [-0.39, 0.29) is 11.4 Å². The van der Waals surface area contributed by atoms with Crippen LogP contribution in [0, 0.1) is 5.92 Å². The molecule has 1 amide bonds. The maximum atomic E-state index is 12.6. The first-order chi connectivity index (χ1) is 9.16. The average Bonchev–Trinajstić information content (AvgIpc) is 2.39. The number of nitrogens with zero attached hydrogens (tertiary/aromatic N) is 2. The summed E-state index contributed by atoms with van der Waals surface area (Å²) >= 11 is 0. The Bertz CT molecular complexity index is 472. The van der Waals surface area contributed by atoms with E-state index in [9.17, 15) is 4.79 Å². The summed E-state index contributed by atoms with van der Waals surface area (Å²) in [4.78, 5) is 18.8. The summed E-state index contributed by atoms with van der Waals surface area (Å²) in [5.74, 6) is 0.725. The number of carbonyl (C=O) groups is 1. The van der Waals surface area contributed by atoms with E-state index in [0.29, 0.717) is 24.3 Å². The lowest BCUT2D eigenvalue weighted by molar-refractivity contribution is -0.129. The zero-order valence-electron chi connectivity index (χ0n) is 11.5. The minimum absolute atomic E-state index is 0.0563. The molecule has 2 fully saturated rings. The van der Waals surface area contributed by atoms with Crippen LogP contribution in [0.25, 0.3) is 0 Å². The zero-order valence-corrected chi connectivity index (χ0v) is 11.5. The maximum Gasteiger partial charge on any atom is 0.273 e. The van der Waals surface area contributed by atoms with Crippen LogP contribution in [0.1, 0.15) is 36.7 Å². The van der Waals surface area contributed by atoms with Gasteiger partial charge in [0.25, 0.3) is 5.91 Å². The molecule has 1 aromatic heterocycles. The summed E-state index contributed by atoms with van der Waals surface area (Å²) < 4.78 is 5.37. The molecule has 3 rings (SSSR count). The number of pyridine rings is 1. The van der Waals surface area contributed by atoms with Gasteiger partial charge >= 0.3 is 0 Å². The number of ether oxygens (including phenoxy) is 1. The van der Waals surface area contributed by atoms with Crippen molar-refractivity contribution in [1.29, 1.82) is 0 Å². The van der Waals surface area contributed by atoms with Gasteiger partial charge in [0.2, 0.25) is 0 Å². The van der Waals surface area contributed by atoms with Gasteiger partial charge in [0.15, 0.2) is 0 Å². The highest BCUT2D eigenvalue weighted by molar-refractivity contribution is 5.93. The number of likely N-dealkylation sites (tertiary alicyclic amines) is 1. The zero-order chi connectivity index (χ0) is 13.5. The Morgan fingerprint density at radius 3 is 3.05 bits per heavy atom. The fourth-order valence-corrected chi connectivity index (χ4v) is 3.92. The molecule has 19 heavy (non-hydrogen) atoms. The fourth-order valence-electron chi connectivity index (χ4n) is 3.92. The Morgan fingerprint density at radius 2 is 2.37 bits per heavy atom. The second kappa shape index (κ2) is 4.60. The van der Waals surface area contributed by atoms with Crippen LogP contribution in [0.4, 0.5) is 0 Å². The first kappa shape index (κ1) is 12.6. The monoisotopic (exact) mass is 260 g/mol.